The van der Waals surface area contributed by atoms with Gasteiger partial charge in [0.25, 0.3) is 0 Å². The van der Waals surface area contributed by atoms with Crippen LogP contribution in [0.2, 0.25) is 0 Å². The van der Waals surface area contributed by atoms with E-state index in [0.29, 0.717) is 0 Å². The number of pyridine rings is 1. The van der Waals surface area contributed by atoms with Crippen molar-refractivity contribution in [1.29, 1.82) is 0 Å². The largest absolute Gasteiger partial charge is 0.346 e. The average molecular weight is 258 g/mol. The van der Waals surface area contributed by atoms with E-state index in [1.165, 1.54) is 10.9 Å². The van der Waals surface area contributed by atoms with Crippen molar-refractivity contribution in [3.63, 3.8) is 0 Å². The Morgan fingerprint density at radius 2 is 2.33 bits per heavy atom. The normalized spacial score (nSPS) is 11.1. The molecule has 5 heteroatoms. The van der Waals surface area contributed by atoms with Crippen LogP contribution in [0.4, 0.5) is 0 Å². The first-order chi connectivity index (χ1) is 8.93. The van der Waals surface area contributed by atoms with Crippen molar-refractivity contribution in [3.05, 3.63) is 46.7 Å². The van der Waals surface area contributed by atoms with Crippen LogP contribution in [0.15, 0.2) is 35.4 Å². The van der Waals surface area contributed by atoms with Gasteiger partial charge in [0, 0.05) is 42.7 Å². The molecular formula is C13H14N4S. The number of aromatic nitrogens is 3. The lowest BCUT2D eigenvalue weighted by molar-refractivity contribution is 0.684. The third kappa shape index (κ3) is 2.42. The maximum absolute atomic E-state index is 4.28. The van der Waals surface area contributed by atoms with Crippen LogP contribution in [-0.2, 0) is 13.0 Å². The molecule has 0 aliphatic heterocycles. The van der Waals surface area contributed by atoms with Crippen LogP contribution < -0.4 is 5.32 Å². The van der Waals surface area contributed by atoms with Crippen LogP contribution >= 0.6 is 11.3 Å². The van der Waals surface area contributed by atoms with Gasteiger partial charge in [-0.1, -0.05) is 0 Å². The molecule has 0 spiro atoms. The molecule has 3 rings (SSSR count). The summed E-state index contributed by atoms with van der Waals surface area (Å²) < 4.78 is 0. The Balaban J connectivity index is 1.57. The third-order valence-corrected chi connectivity index (χ3v) is 3.53. The van der Waals surface area contributed by atoms with E-state index in [0.717, 1.165) is 30.9 Å². The predicted octanol–water partition coefficient (Wildman–Crippen LogP) is 2.35. The van der Waals surface area contributed by atoms with Gasteiger partial charge in [-0.2, -0.15) is 0 Å². The first-order valence-corrected chi connectivity index (χ1v) is 6.86. The molecule has 0 saturated carbocycles. The maximum Gasteiger partial charge on any atom is 0.137 e. The Labute approximate surface area is 109 Å². The summed E-state index contributed by atoms with van der Waals surface area (Å²) in [5.74, 6) is 0. The molecule has 2 N–H and O–H groups in total. The fourth-order valence-corrected chi connectivity index (χ4v) is 2.55. The van der Waals surface area contributed by atoms with Crippen LogP contribution in [0, 0.1) is 0 Å². The van der Waals surface area contributed by atoms with Crippen LogP contribution in [0.3, 0.4) is 0 Å². The molecule has 0 fully saturated rings. The number of thiazole rings is 1. The summed E-state index contributed by atoms with van der Waals surface area (Å²) in [7, 11) is 0. The Bertz CT molecular complexity index is 615. The lowest BCUT2D eigenvalue weighted by Gasteiger charge is -2.02. The molecule has 0 unspecified atom stereocenters. The lowest BCUT2D eigenvalue weighted by Crippen LogP contribution is -2.16. The Morgan fingerprint density at radius 1 is 1.33 bits per heavy atom. The smallest absolute Gasteiger partial charge is 0.137 e. The molecule has 0 amide bonds. The fourth-order valence-electron chi connectivity index (χ4n) is 1.96. The van der Waals surface area contributed by atoms with E-state index in [1.807, 2.05) is 17.8 Å². The minimum Gasteiger partial charge on any atom is -0.346 e. The van der Waals surface area contributed by atoms with Crippen molar-refractivity contribution in [3.8, 4) is 0 Å². The van der Waals surface area contributed by atoms with Gasteiger partial charge in [0.05, 0.1) is 11.2 Å². The summed E-state index contributed by atoms with van der Waals surface area (Å²) in [5.41, 5.74) is 5.25. The summed E-state index contributed by atoms with van der Waals surface area (Å²) in [6.45, 7) is 1.80. The number of hydrogen-bond acceptors (Lipinski definition) is 4. The SMILES string of the molecule is c1cnc2[nH]cc(CNCCc3cscn3)c2c1. The van der Waals surface area contributed by atoms with Crippen LogP contribution in [0.1, 0.15) is 11.3 Å². The first kappa shape index (κ1) is 11.4. The van der Waals surface area contributed by atoms with Gasteiger partial charge < -0.3 is 10.3 Å². The molecule has 0 saturated heterocycles. The molecule has 3 aromatic heterocycles. The molecule has 18 heavy (non-hydrogen) atoms. The van der Waals surface area contributed by atoms with Crippen LogP contribution in [0.25, 0.3) is 11.0 Å². The third-order valence-electron chi connectivity index (χ3n) is 2.89. The predicted molar refractivity (Wildman–Crippen MR) is 73.6 cm³/mol. The summed E-state index contributed by atoms with van der Waals surface area (Å²) >= 11 is 1.65. The molecule has 3 aromatic rings. The molecule has 0 aliphatic carbocycles. The Hall–Kier alpha value is -1.72. The van der Waals surface area contributed by atoms with Crippen molar-refractivity contribution in [2.24, 2.45) is 0 Å². The average Bonchev–Trinajstić information content (AvgIpc) is 3.04. The molecule has 4 nitrogen and oxygen atoms in total. The zero-order chi connectivity index (χ0) is 12.2. The van der Waals surface area contributed by atoms with Crippen molar-refractivity contribution >= 4 is 22.4 Å². The van der Waals surface area contributed by atoms with E-state index in [2.05, 4.69) is 31.7 Å². The van der Waals surface area contributed by atoms with Gasteiger partial charge in [-0.15, -0.1) is 11.3 Å². The number of nitrogens with one attached hydrogen (secondary N) is 2. The summed E-state index contributed by atoms with van der Waals surface area (Å²) in [6, 6.07) is 4.06. The second-order valence-corrected chi connectivity index (χ2v) is 4.84. The second-order valence-electron chi connectivity index (χ2n) is 4.12. The van der Waals surface area contributed by atoms with E-state index in [-0.39, 0.29) is 0 Å². The highest BCUT2D eigenvalue weighted by Crippen LogP contribution is 2.14. The number of nitrogens with zero attached hydrogens (tertiary/aromatic N) is 2. The standard InChI is InChI=1S/C13H14N4S/c1-2-12-10(7-16-13(12)15-4-1)6-14-5-3-11-8-18-9-17-11/h1-2,4,7-9,14H,3,5-6H2,(H,15,16). The quantitative estimate of drug-likeness (QED) is 0.691. The van der Waals surface area contributed by atoms with Crippen molar-refractivity contribution in [1.82, 2.24) is 20.3 Å². The minimum absolute atomic E-state index is 0.857. The molecule has 0 aromatic carbocycles. The molecule has 0 aliphatic rings. The van der Waals surface area contributed by atoms with Gasteiger partial charge in [-0.25, -0.2) is 9.97 Å². The van der Waals surface area contributed by atoms with Crippen molar-refractivity contribution < 1.29 is 0 Å². The van der Waals surface area contributed by atoms with E-state index < -0.39 is 0 Å². The first-order valence-electron chi connectivity index (χ1n) is 5.92. The number of H-pyrrole nitrogens is 1. The van der Waals surface area contributed by atoms with Crippen molar-refractivity contribution in [2.75, 3.05) is 6.54 Å². The van der Waals surface area contributed by atoms with Crippen LogP contribution in [0.5, 0.6) is 0 Å². The molecular weight excluding hydrogens is 244 g/mol. The van der Waals surface area contributed by atoms with Gasteiger partial charge in [0.2, 0.25) is 0 Å². The van der Waals surface area contributed by atoms with Gasteiger partial charge in [0.15, 0.2) is 0 Å². The Kier molecular flexibility index (Phi) is 3.34. The van der Waals surface area contributed by atoms with Gasteiger partial charge in [-0.05, 0) is 17.7 Å². The molecule has 92 valence electrons. The molecule has 3 heterocycles. The van der Waals surface area contributed by atoms with Gasteiger partial charge in [0.1, 0.15) is 5.65 Å². The molecule has 0 radical (unpaired) electrons. The van der Waals surface area contributed by atoms with Gasteiger partial charge in [-0.3, -0.25) is 0 Å². The van der Waals surface area contributed by atoms with E-state index >= 15 is 0 Å². The topological polar surface area (TPSA) is 53.6 Å². The maximum atomic E-state index is 4.28. The highest BCUT2D eigenvalue weighted by Gasteiger charge is 2.03. The minimum atomic E-state index is 0.857. The number of aromatic amines is 1. The highest BCUT2D eigenvalue weighted by atomic mass is 32.1. The lowest BCUT2D eigenvalue weighted by atomic mass is 10.2. The monoisotopic (exact) mass is 258 g/mol. The highest BCUT2D eigenvalue weighted by molar-refractivity contribution is 7.07. The zero-order valence-electron chi connectivity index (χ0n) is 9.89. The number of fused-ring (bicyclic) bond motifs is 1. The van der Waals surface area contributed by atoms with Crippen LogP contribution in [-0.4, -0.2) is 21.5 Å². The number of hydrogen-bond donors (Lipinski definition) is 2. The molecule has 0 bridgehead atoms. The summed E-state index contributed by atoms with van der Waals surface area (Å²) in [4.78, 5) is 11.7. The second kappa shape index (κ2) is 5.29. The summed E-state index contributed by atoms with van der Waals surface area (Å²) in [5, 5.41) is 6.72. The number of rotatable bonds is 5. The van der Waals surface area contributed by atoms with Crippen molar-refractivity contribution in [2.45, 2.75) is 13.0 Å². The fraction of sp³-hybridized carbons (Fsp3) is 0.231. The summed E-state index contributed by atoms with van der Waals surface area (Å²) in [6.07, 6.45) is 4.80. The zero-order valence-corrected chi connectivity index (χ0v) is 10.7. The molecule has 0 atom stereocenters. The van der Waals surface area contributed by atoms with E-state index in [1.54, 1.807) is 17.5 Å². The Morgan fingerprint density at radius 3 is 3.22 bits per heavy atom. The van der Waals surface area contributed by atoms with E-state index in [9.17, 15) is 0 Å². The van der Waals surface area contributed by atoms with Gasteiger partial charge >= 0.3 is 0 Å². The van der Waals surface area contributed by atoms with E-state index in [4.69, 9.17) is 0 Å².